The molecule has 0 saturated heterocycles. The summed E-state index contributed by atoms with van der Waals surface area (Å²) in [6.45, 7) is 0. The van der Waals surface area contributed by atoms with E-state index in [2.05, 4.69) is 4.74 Å². The van der Waals surface area contributed by atoms with Crippen LogP contribution in [0, 0.1) is 0 Å². The summed E-state index contributed by atoms with van der Waals surface area (Å²) in [5.74, 6) is 0. The van der Waals surface area contributed by atoms with E-state index in [0.717, 1.165) is 0 Å². The van der Waals surface area contributed by atoms with Crippen molar-refractivity contribution in [3.63, 3.8) is 0 Å². The molecule has 0 aromatic rings. The second kappa shape index (κ2) is 3.68. The fourth-order valence-electron chi connectivity index (χ4n) is 0.431. The van der Waals surface area contributed by atoms with Crippen molar-refractivity contribution in [3.8, 4) is 0 Å². The second-order valence-electron chi connectivity index (χ2n) is 1.69. The largest absolute Gasteiger partial charge is 0.474 e. The van der Waals surface area contributed by atoms with Gasteiger partial charge in [0.15, 0.2) is 5.57 Å². The molecule has 0 unspecified atom stereocenters. The van der Waals surface area contributed by atoms with Gasteiger partial charge in [0.05, 0.1) is 7.11 Å². The number of hydrogen-bond donors (Lipinski definition) is 0. The molecule has 0 aliphatic heterocycles. The molecule has 0 aliphatic rings. The summed E-state index contributed by atoms with van der Waals surface area (Å²) in [4.78, 5) is 0. The number of allylic oxidation sites excluding steroid dienone is 1. The van der Waals surface area contributed by atoms with Crippen molar-refractivity contribution in [1.29, 1.82) is 0 Å². The zero-order valence-electron chi connectivity index (χ0n) is 5.75. The lowest BCUT2D eigenvalue weighted by atomic mass is 10.3. The number of alkyl halides is 5. The Kier molecular flexibility index (Phi) is 3.41. The predicted molar refractivity (Wildman–Crippen MR) is 27.2 cm³/mol. The number of methoxy groups -OCH3 is 1. The minimum absolute atomic E-state index is 0.531. The zero-order chi connectivity index (χ0) is 9.94. The van der Waals surface area contributed by atoms with Crippen LogP contribution in [0.2, 0.25) is 0 Å². The first-order valence-electron chi connectivity index (χ1n) is 2.59. The molecule has 0 aliphatic carbocycles. The van der Waals surface area contributed by atoms with Crippen LogP contribution in [-0.2, 0) is 4.74 Å². The molecule has 1 nitrogen and oxygen atoms in total. The lowest BCUT2D eigenvalue weighted by molar-refractivity contribution is -0.115. The Morgan fingerprint density at radius 1 is 1.25 bits per heavy atom. The highest BCUT2D eigenvalue weighted by atomic mass is 19.4. The first-order valence-corrected chi connectivity index (χ1v) is 2.59. The van der Waals surface area contributed by atoms with E-state index in [1.165, 1.54) is 0 Å². The van der Waals surface area contributed by atoms with Crippen LogP contribution in [0.4, 0.5) is 26.3 Å². The predicted octanol–water partition coefficient (Wildman–Crippen LogP) is 2.64. The van der Waals surface area contributed by atoms with Gasteiger partial charge in [0.1, 0.15) is 0 Å². The Labute approximate surface area is 63.6 Å². The van der Waals surface area contributed by atoms with Crippen molar-refractivity contribution in [2.45, 2.75) is 12.6 Å². The molecule has 0 spiro atoms. The Hall–Kier alpha value is -0.880. The Morgan fingerprint density at radius 2 is 1.67 bits per heavy atom. The van der Waals surface area contributed by atoms with Gasteiger partial charge >= 0.3 is 6.18 Å². The minimum atomic E-state index is -5.41. The fourth-order valence-corrected chi connectivity index (χ4v) is 0.431. The van der Waals surface area contributed by atoms with Gasteiger partial charge in [0, 0.05) is 0 Å². The van der Waals surface area contributed by atoms with E-state index in [1.807, 2.05) is 0 Å². The highest BCUT2D eigenvalue weighted by Gasteiger charge is 2.44. The topological polar surface area (TPSA) is 9.23 Å². The molecule has 0 aromatic heterocycles. The van der Waals surface area contributed by atoms with Crippen molar-refractivity contribution < 1.29 is 31.1 Å². The van der Waals surface area contributed by atoms with Crippen LogP contribution in [0.25, 0.3) is 0 Å². The van der Waals surface area contributed by atoms with Crippen molar-refractivity contribution in [3.05, 3.63) is 11.6 Å². The van der Waals surface area contributed by atoms with E-state index in [1.54, 1.807) is 0 Å². The van der Waals surface area contributed by atoms with Crippen LogP contribution in [0.15, 0.2) is 11.6 Å². The second-order valence-corrected chi connectivity index (χ2v) is 1.69. The maximum atomic E-state index is 12.0. The molecule has 0 aromatic carbocycles. The molecular weight excluding hydrogens is 190 g/mol. The molecule has 0 rings (SSSR count). The summed E-state index contributed by atoms with van der Waals surface area (Å²) in [5, 5.41) is 0. The summed E-state index contributed by atoms with van der Waals surface area (Å²) in [6.07, 6.45) is -9.35. The number of hydrogen-bond acceptors (Lipinski definition) is 1. The van der Waals surface area contributed by atoms with E-state index in [-0.39, 0.29) is 0 Å². The molecular formula is C5H4F6O. The van der Waals surface area contributed by atoms with E-state index >= 15 is 0 Å². The van der Waals surface area contributed by atoms with Gasteiger partial charge in [-0.15, -0.1) is 0 Å². The van der Waals surface area contributed by atoms with Crippen LogP contribution >= 0.6 is 0 Å². The van der Waals surface area contributed by atoms with Crippen molar-refractivity contribution in [2.75, 3.05) is 7.11 Å². The van der Waals surface area contributed by atoms with E-state index < -0.39 is 24.2 Å². The summed E-state index contributed by atoms with van der Waals surface area (Å²) in [5.41, 5.74) is -2.59. The van der Waals surface area contributed by atoms with Crippen LogP contribution in [-0.4, -0.2) is 19.7 Å². The molecule has 0 heterocycles. The fraction of sp³-hybridized carbons (Fsp3) is 0.600. The molecule has 0 amide bonds. The van der Waals surface area contributed by atoms with Crippen molar-refractivity contribution >= 4 is 0 Å². The maximum absolute atomic E-state index is 12.0. The number of rotatable bonds is 2. The first-order chi connectivity index (χ1) is 5.30. The maximum Gasteiger partial charge on any atom is 0.424 e. The van der Waals surface area contributed by atoms with Crippen LogP contribution < -0.4 is 0 Å². The summed E-state index contributed by atoms with van der Waals surface area (Å²) in [7, 11) is 0.531. The normalized spacial score (nSPS) is 14.7. The van der Waals surface area contributed by atoms with Gasteiger partial charge in [-0.1, -0.05) is 0 Å². The van der Waals surface area contributed by atoms with E-state index in [9.17, 15) is 26.3 Å². The molecule has 12 heavy (non-hydrogen) atoms. The van der Waals surface area contributed by atoms with Crippen LogP contribution in [0.1, 0.15) is 0 Å². The third-order valence-electron chi connectivity index (χ3n) is 0.915. The highest BCUT2D eigenvalue weighted by molar-refractivity contribution is 5.12. The number of ether oxygens (including phenoxy) is 1. The van der Waals surface area contributed by atoms with Gasteiger partial charge < -0.3 is 4.74 Å². The average Bonchev–Trinajstić information content (AvgIpc) is 1.83. The van der Waals surface area contributed by atoms with Crippen molar-refractivity contribution in [1.82, 2.24) is 0 Å². The molecule has 0 bridgehead atoms. The Balaban J connectivity index is 4.93. The standard InChI is InChI=1S/C5H4F6O/c1-12-4(8)2(3(6)7)5(9,10)11/h3H,1H3. The highest BCUT2D eigenvalue weighted by Crippen LogP contribution is 2.33. The zero-order valence-corrected chi connectivity index (χ0v) is 5.75. The van der Waals surface area contributed by atoms with E-state index in [0.29, 0.717) is 7.11 Å². The van der Waals surface area contributed by atoms with E-state index in [4.69, 9.17) is 0 Å². The third-order valence-corrected chi connectivity index (χ3v) is 0.915. The molecule has 0 atom stereocenters. The van der Waals surface area contributed by atoms with Crippen LogP contribution in [0.5, 0.6) is 0 Å². The molecule has 0 N–H and O–H groups in total. The molecule has 0 saturated carbocycles. The first kappa shape index (κ1) is 11.1. The van der Waals surface area contributed by atoms with Gasteiger partial charge in [-0.05, 0) is 0 Å². The van der Waals surface area contributed by atoms with Gasteiger partial charge in [0.2, 0.25) is 0 Å². The third kappa shape index (κ3) is 2.63. The smallest absolute Gasteiger partial charge is 0.424 e. The van der Waals surface area contributed by atoms with Gasteiger partial charge in [-0.3, -0.25) is 0 Å². The average molecular weight is 194 g/mol. The number of halogens is 6. The summed E-state index contributed by atoms with van der Waals surface area (Å²) >= 11 is 0. The lowest BCUT2D eigenvalue weighted by Crippen LogP contribution is -2.20. The van der Waals surface area contributed by atoms with Gasteiger partial charge in [0.25, 0.3) is 12.4 Å². The van der Waals surface area contributed by atoms with Gasteiger partial charge in [-0.2, -0.15) is 17.6 Å². The summed E-state index contributed by atoms with van der Waals surface area (Å²) < 4.78 is 73.1. The SMILES string of the molecule is COC(F)=C(C(F)F)C(F)(F)F. The Morgan fingerprint density at radius 3 is 1.75 bits per heavy atom. The van der Waals surface area contributed by atoms with Gasteiger partial charge in [-0.25, -0.2) is 8.78 Å². The molecule has 72 valence electrons. The van der Waals surface area contributed by atoms with Crippen LogP contribution in [0.3, 0.4) is 0 Å². The quantitative estimate of drug-likeness (QED) is 0.485. The monoisotopic (exact) mass is 194 g/mol. The lowest BCUT2D eigenvalue weighted by Gasteiger charge is -2.10. The van der Waals surface area contributed by atoms with Crippen molar-refractivity contribution in [2.24, 2.45) is 0 Å². The molecule has 0 radical (unpaired) electrons. The minimum Gasteiger partial charge on any atom is -0.474 e. The summed E-state index contributed by atoms with van der Waals surface area (Å²) in [6, 6.07) is -2.31. The Bertz CT molecular complexity index is 181. The molecule has 0 fully saturated rings. The molecule has 7 heteroatoms.